The molecular formula is C10H24N4. The minimum absolute atomic E-state index is 0.506. The van der Waals surface area contributed by atoms with Crippen LogP contribution in [0.25, 0.3) is 0 Å². The maximum absolute atomic E-state index is 3.39. The summed E-state index contributed by atoms with van der Waals surface area (Å²) in [6, 6.07) is 0. The Morgan fingerprint density at radius 1 is 1.14 bits per heavy atom. The van der Waals surface area contributed by atoms with Gasteiger partial charge in [0, 0.05) is 13.3 Å². The first-order valence-corrected chi connectivity index (χ1v) is 5.76. The first kappa shape index (κ1) is 11.9. The van der Waals surface area contributed by atoms with Crippen molar-refractivity contribution in [3.05, 3.63) is 0 Å². The van der Waals surface area contributed by atoms with Gasteiger partial charge in [-0.05, 0) is 32.5 Å². The van der Waals surface area contributed by atoms with Crippen molar-refractivity contribution in [3.8, 4) is 0 Å². The third-order valence-corrected chi connectivity index (χ3v) is 2.81. The number of nitrogens with one attached hydrogen (secondary N) is 3. The summed E-state index contributed by atoms with van der Waals surface area (Å²) in [5, 5.41) is 9.98. The Labute approximate surface area is 87.4 Å². The zero-order valence-corrected chi connectivity index (χ0v) is 9.47. The van der Waals surface area contributed by atoms with Crippen LogP contribution in [0.3, 0.4) is 0 Å². The topological polar surface area (TPSA) is 39.3 Å². The van der Waals surface area contributed by atoms with Crippen molar-refractivity contribution < 1.29 is 0 Å². The van der Waals surface area contributed by atoms with Gasteiger partial charge < -0.3 is 4.90 Å². The van der Waals surface area contributed by atoms with Crippen molar-refractivity contribution in [1.82, 2.24) is 20.9 Å². The van der Waals surface area contributed by atoms with Gasteiger partial charge in [0.05, 0.1) is 6.17 Å². The van der Waals surface area contributed by atoms with E-state index in [0.29, 0.717) is 6.17 Å². The van der Waals surface area contributed by atoms with Crippen LogP contribution < -0.4 is 16.0 Å². The summed E-state index contributed by atoms with van der Waals surface area (Å²) >= 11 is 0. The van der Waals surface area contributed by atoms with Crippen LogP contribution in [-0.2, 0) is 0 Å². The highest BCUT2D eigenvalue weighted by Gasteiger charge is 2.10. The molecule has 3 N–H and O–H groups in total. The lowest BCUT2D eigenvalue weighted by atomic mass is 10.2. The van der Waals surface area contributed by atoms with Crippen LogP contribution in [0.1, 0.15) is 26.7 Å². The second kappa shape index (κ2) is 7.17. The molecule has 0 spiro atoms. The fourth-order valence-corrected chi connectivity index (χ4v) is 1.79. The van der Waals surface area contributed by atoms with E-state index in [1.54, 1.807) is 0 Å². The molecule has 1 heterocycles. The Kier molecular flexibility index (Phi) is 6.10. The molecule has 14 heavy (non-hydrogen) atoms. The fourth-order valence-electron chi connectivity index (χ4n) is 1.79. The first-order chi connectivity index (χ1) is 6.86. The standard InChI is InChI=1S/C10H24N4/c1-3-14(4-2)7-5-6-10-12-8-11-9-13-10/h10-13H,3-9H2,1-2H3. The van der Waals surface area contributed by atoms with Gasteiger partial charge in [-0.3, -0.25) is 16.0 Å². The molecule has 0 aromatic carbocycles. The van der Waals surface area contributed by atoms with Crippen molar-refractivity contribution in [1.29, 1.82) is 0 Å². The van der Waals surface area contributed by atoms with Gasteiger partial charge in [0.25, 0.3) is 0 Å². The van der Waals surface area contributed by atoms with E-state index in [0.717, 1.165) is 13.3 Å². The molecular weight excluding hydrogens is 176 g/mol. The number of nitrogens with zero attached hydrogens (tertiary/aromatic N) is 1. The van der Waals surface area contributed by atoms with Crippen molar-refractivity contribution >= 4 is 0 Å². The molecule has 1 saturated heterocycles. The highest BCUT2D eigenvalue weighted by atomic mass is 15.3. The summed E-state index contributed by atoms with van der Waals surface area (Å²) in [6.45, 7) is 9.88. The van der Waals surface area contributed by atoms with E-state index < -0.39 is 0 Å². The quantitative estimate of drug-likeness (QED) is 0.570. The third-order valence-electron chi connectivity index (χ3n) is 2.81. The summed E-state index contributed by atoms with van der Waals surface area (Å²) < 4.78 is 0. The number of hydrogen-bond acceptors (Lipinski definition) is 4. The van der Waals surface area contributed by atoms with Crippen molar-refractivity contribution in [2.24, 2.45) is 0 Å². The van der Waals surface area contributed by atoms with Gasteiger partial charge in [-0.25, -0.2) is 0 Å². The van der Waals surface area contributed by atoms with Gasteiger partial charge in [-0.15, -0.1) is 0 Å². The molecule has 4 heteroatoms. The number of rotatable bonds is 6. The second-order valence-corrected chi connectivity index (χ2v) is 3.73. The molecule has 1 rings (SSSR count). The minimum atomic E-state index is 0.506. The lowest BCUT2D eigenvalue weighted by Crippen LogP contribution is -2.55. The van der Waals surface area contributed by atoms with Gasteiger partial charge >= 0.3 is 0 Å². The summed E-state index contributed by atoms with van der Waals surface area (Å²) in [5.41, 5.74) is 0. The Hall–Kier alpha value is -0.160. The highest BCUT2D eigenvalue weighted by molar-refractivity contribution is 4.68. The van der Waals surface area contributed by atoms with Crippen LogP contribution >= 0.6 is 0 Å². The predicted molar refractivity (Wildman–Crippen MR) is 60.0 cm³/mol. The van der Waals surface area contributed by atoms with Crippen molar-refractivity contribution in [3.63, 3.8) is 0 Å². The van der Waals surface area contributed by atoms with Crippen molar-refractivity contribution in [2.75, 3.05) is 33.0 Å². The van der Waals surface area contributed by atoms with E-state index in [1.807, 2.05) is 0 Å². The number of hydrogen-bond donors (Lipinski definition) is 3. The maximum atomic E-state index is 3.39. The Morgan fingerprint density at radius 2 is 1.79 bits per heavy atom. The predicted octanol–water partition coefficient (Wildman–Crippen LogP) is 0.132. The summed E-state index contributed by atoms with van der Waals surface area (Å²) in [5.74, 6) is 0. The van der Waals surface area contributed by atoms with Gasteiger partial charge in [-0.1, -0.05) is 13.8 Å². The van der Waals surface area contributed by atoms with Crippen LogP contribution in [0.5, 0.6) is 0 Å². The Balaban J connectivity index is 2.01. The monoisotopic (exact) mass is 200 g/mol. The molecule has 0 aromatic heterocycles. The Bertz CT molecular complexity index is 130. The molecule has 1 aliphatic heterocycles. The lowest BCUT2D eigenvalue weighted by Gasteiger charge is -2.27. The van der Waals surface area contributed by atoms with E-state index in [1.165, 1.54) is 32.5 Å². The maximum Gasteiger partial charge on any atom is 0.0591 e. The van der Waals surface area contributed by atoms with Crippen LogP contribution in [0.15, 0.2) is 0 Å². The van der Waals surface area contributed by atoms with Crippen LogP contribution in [-0.4, -0.2) is 44.0 Å². The summed E-state index contributed by atoms with van der Waals surface area (Å²) in [7, 11) is 0. The van der Waals surface area contributed by atoms with E-state index in [9.17, 15) is 0 Å². The molecule has 0 atom stereocenters. The molecule has 0 saturated carbocycles. The van der Waals surface area contributed by atoms with Crippen LogP contribution in [0, 0.1) is 0 Å². The van der Waals surface area contributed by atoms with Crippen molar-refractivity contribution in [2.45, 2.75) is 32.9 Å². The van der Waals surface area contributed by atoms with Gasteiger partial charge in [-0.2, -0.15) is 0 Å². The minimum Gasteiger partial charge on any atom is -0.304 e. The van der Waals surface area contributed by atoms with Crippen LogP contribution in [0.2, 0.25) is 0 Å². The first-order valence-electron chi connectivity index (χ1n) is 5.76. The van der Waals surface area contributed by atoms with E-state index in [2.05, 4.69) is 34.7 Å². The third kappa shape index (κ3) is 4.37. The molecule has 1 aliphatic rings. The van der Waals surface area contributed by atoms with Crippen LogP contribution in [0.4, 0.5) is 0 Å². The van der Waals surface area contributed by atoms with E-state index >= 15 is 0 Å². The molecule has 4 nitrogen and oxygen atoms in total. The molecule has 0 aliphatic carbocycles. The largest absolute Gasteiger partial charge is 0.304 e. The second-order valence-electron chi connectivity index (χ2n) is 3.73. The Morgan fingerprint density at radius 3 is 2.36 bits per heavy atom. The van der Waals surface area contributed by atoms with Gasteiger partial charge in [0.2, 0.25) is 0 Å². The molecule has 0 unspecified atom stereocenters. The SMILES string of the molecule is CCN(CC)CCCC1NCNCN1. The zero-order chi connectivity index (χ0) is 10.2. The molecule has 1 fully saturated rings. The molecule has 0 amide bonds. The van der Waals surface area contributed by atoms with Gasteiger partial charge in [0.15, 0.2) is 0 Å². The lowest BCUT2D eigenvalue weighted by molar-refractivity contribution is 0.267. The van der Waals surface area contributed by atoms with E-state index in [4.69, 9.17) is 0 Å². The molecule has 0 bridgehead atoms. The average molecular weight is 200 g/mol. The smallest absolute Gasteiger partial charge is 0.0591 e. The zero-order valence-electron chi connectivity index (χ0n) is 9.47. The highest BCUT2D eigenvalue weighted by Crippen LogP contribution is 1.98. The molecule has 84 valence electrons. The molecule has 0 aromatic rings. The average Bonchev–Trinajstić information content (AvgIpc) is 2.26. The van der Waals surface area contributed by atoms with Gasteiger partial charge in [0.1, 0.15) is 0 Å². The summed E-state index contributed by atoms with van der Waals surface area (Å²) in [6.07, 6.45) is 3.00. The normalized spacial score (nSPS) is 19.1. The summed E-state index contributed by atoms with van der Waals surface area (Å²) in [4.78, 5) is 2.47. The van der Waals surface area contributed by atoms with E-state index in [-0.39, 0.29) is 0 Å². The fraction of sp³-hybridized carbons (Fsp3) is 1.00. The molecule has 0 radical (unpaired) electrons.